The van der Waals surface area contributed by atoms with Gasteiger partial charge < -0.3 is 8.98 Å². The maximum atomic E-state index is 6.40. The second kappa shape index (κ2) is 11.7. The molecule has 0 N–H and O–H groups in total. The van der Waals surface area contributed by atoms with Gasteiger partial charge in [-0.25, -0.2) is 0 Å². The Labute approximate surface area is 291 Å². The SMILES string of the molecule is c1ccc(-c2cccc(-c3cccc(-c4ccc5oc6ccc(-n7c8ccc(-c9ccccc9)cc8c8cccpc87)cc6c5c4)c3)c2)cc1. The minimum atomic E-state index is 0.896. The van der Waals surface area contributed by atoms with Crippen LogP contribution in [0.4, 0.5) is 0 Å². The number of furan rings is 1. The molecule has 7 aromatic carbocycles. The maximum Gasteiger partial charge on any atom is 0.135 e. The number of hydrogen-bond acceptors (Lipinski definition) is 1. The van der Waals surface area contributed by atoms with E-state index < -0.39 is 0 Å². The van der Waals surface area contributed by atoms with Gasteiger partial charge in [-0.3, -0.25) is 0 Å². The fraction of sp³-hybridized carbons (Fsp3) is 0. The van der Waals surface area contributed by atoms with Crippen LogP contribution in [0.1, 0.15) is 0 Å². The summed E-state index contributed by atoms with van der Waals surface area (Å²) >= 11 is 0. The molecule has 0 unspecified atom stereocenters. The number of rotatable bonds is 5. The summed E-state index contributed by atoms with van der Waals surface area (Å²) < 4.78 is 8.83. The largest absolute Gasteiger partial charge is 0.456 e. The van der Waals surface area contributed by atoms with Crippen LogP contribution in [0, 0.1) is 0 Å². The van der Waals surface area contributed by atoms with Crippen molar-refractivity contribution in [3.8, 4) is 50.2 Å². The Kier molecular flexibility index (Phi) is 6.75. The molecular formula is C47H30NOP. The van der Waals surface area contributed by atoms with Crippen LogP contribution in [0.3, 0.4) is 0 Å². The normalized spacial score (nSPS) is 11.8. The molecule has 3 heterocycles. The first-order valence-electron chi connectivity index (χ1n) is 16.9. The van der Waals surface area contributed by atoms with Crippen molar-refractivity contribution < 1.29 is 4.42 Å². The average Bonchev–Trinajstić information content (AvgIpc) is 3.73. The van der Waals surface area contributed by atoms with Gasteiger partial charge in [-0.2, -0.15) is 0 Å². The van der Waals surface area contributed by atoms with Gasteiger partial charge in [-0.05, 0) is 113 Å². The minimum absolute atomic E-state index is 0.896. The van der Waals surface area contributed by atoms with Gasteiger partial charge in [0.25, 0.3) is 0 Å². The molecule has 10 rings (SSSR count). The minimum Gasteiger partial charge on any atom is -0.456 e. The number of nitrogens with zero attached hydrogens (tertiary/aromatic N) is 1. The number of fused-ring (bicyclic) bond motifs is 6. The van der Waals surface area contributed by atoms with Crippen LogP contribution < -0.4 is 0 Å². The molecule has 0 spiro atoms. The molecular weight excluding hydrogens is 625 g/mol. The highest BCUT2D eigenvalue weighted by molar-refractivity contribution is 7.35. The lowest BCUT2D eigenvalue weighted by Gasteiger charge is -2.09. The van der Waals surface area contributed by atoms with Gasteiger partial charge in [0, 0.05) is 27.2 Å². The molecule has 0 atom stereocenters. The van der Waals surface area contributed by atoms with E-state index in [1.165, 1.54) is 74.2 Å². The lowest BCUT2D eigenvalue weighted by molar-refractivity contribution is 0.669. The Morgan fingerprint density at radius 2 is 0.880 bits per heavy atom. The van der Waals surface area contributed by atoms with Crippen LogP contribution in [0.15, 0.2) is 186 Å². The van der Waals surface area contributed by atoms with Crippen LogP contribution >= 0.6 is 8.19 Å². The molecule has 3 aromatic heterocycles. The maximum absolute atomic E-state index is 6.40. The Morgan fingerprint density at radius 1 is 0.360 bits per heavy atom. The van der Waals surface area contributed by atoms with Crippen molar-refractivity contribution in [1.82, 2.24) is 4.57 Å². The third-order valence-corrected chi connectivity index (χ3v) is 10.8. The van der Waals surface area contributed by atoms with E-state index in [4.69, 9.17) is 4.42 Å². The number of aromatic nitrogens is 1. The van der Waals surface area contributed by atoms with E-state index in [0.717, 1.165) is 27.6 Å². The Morgan fingerprint density at radius 3 is 1.56 bits per heavy atom. The smallest absolute Gasteiger partial charge is 0.135 e. The molecule has 0 radical (unpaired) electrons. The van der Waals surface area contributed by atoms with Crippen LogP contribution in [0.2, 0.25) is 0 Å². The molecule has 234 valence electrons. The summed E-state index contributed by atoms with van der Waals surface area (Å²) in [6, 6.07) is 63.3. The van der Waals surface area contributed by atoms with Gasteiger partial charge in [-0.15, -0.1) is 0 Å². The topological polar surface area (TPSA) is 18.1 Å². The van der Waals surface area contributed by atoms with Crippen LogP contribution in [-0.4, -0.2) is 4.57 Å². The van der Waals surface area contributed by atoms with Crippen molar-refractivity contribution in [2.75, 3.05) is 0 Å². The molecule has 0 saturated carbocycles. The molecule has 0 bridgehead atoms. The summed E-state index contributed by atoms with van der Waals surface area (Å²) in [5.41, 5.74) is 13.8. The summed E-state index contributed by atoms with van der Waals surface area (Å²) in [7, 11) is 1.18. The highest BCUT2D eigenvalue weighted by Crippen LogP contribution is 2.40. The molecule has 0 aliphatic heterocycles. The van der Waals surface area contributed by atoms with Crippen molar-refractivity contribution in [3.63, 3.8) is 0 Å². The zero-order valence-electron chi connectivity index (χ0n) is 27.1. The first-order valence-corrected chi connectivity index (χ1v) is 17.9. The molecule has 50 heavy (non-hydrogen) atoms. The van der Waals surface area contributed by atoms with Crippen LogP contribution in [0.25, 0.3) is 93.7 Å². The summed E-state index contributed by atoms with van der Waals surface area (Å²) in [5, 5.41) is 6.09. The van der Waals surface area contributed by atoms with E-state index in [9.17, 15) is 0 Å². The zero-order chi connectivity index (χ0) is 33.0. The molecule has 2 nitrogen and oxygen atoms in total. The van der Waals surface area contributed by atoms with E-state index in [2.05, 4.69) is 186 Å². The van der Waals surface area contributed by atoms with Crippen molar-refractivity contribution in [1.29, 1.82) is 0 Å². The summed E-state index contributed by atoms with van der Waals surface area (Å²) in [6.45, 7) is 0. The van der Waals surface area contributed by atoms with E-state index in [1.807, 2.05) is 0 Å². The van der Waals surface area contributed by atoms with Crippen molar-refractivity contribution in [2.45, 2.75) is 0 Å². The standard InChI is InChI=1S/C47H30NOP/c1-3-10-31(11-4-1)33-14-7-15-34(26-33)35-16-8-17-36(27-35)38-20-23-45-42(29-38)43-30-39(21-24-46(43)49-45)48-44-22-19-37(32-12-5-2-6-13-32)28-41(44)40-18-9-25-50-47(40)48/h1-30H. The first kappa shape index (κ1) is 28.8. The molecule has 0 fully saturated rings. The van der Waals surface area contributed by atoms with E-state index in [1.54, 1.807) is 0 Å². The van der Waals surface area contributed by atoms with Gasteiger partial charge in [0.2, 0.25) is 0 Å². The number of hydrogen-bond donors (Lipinski definition) is 0. The van der Waals surface area contributed by atoms with E-state index in [-0.39, 0.29) is 0 Å². The van der Waals surface area contributed by atoms with Gasteiger partial charge in [0.15, 0.2) is 0 Å². The number of benzene rings is 7. The lowest BCUT2D eigenvalue weighted by Crippen LogP contribution is -1.92. The van der Waals surface area contributed by atoms with Gasteiger partial charge in [0.05, 0.1) is 10.8 Å². The third kappa shape index (κ3) is 4.85. The zero-order valence-corrected chi connectivity index (χ0v) is 28.0. The summed E-state index contributed by atoms with van der Waals surface area (Å²) in [6.07, 6.45) is 0. The van der Waals surface area contributed by atoms with Crippen molar-refractivity contribution in [3.05, 3.63) is 182 Å². The van der Waals surface area contributed by atoms with E-state index >= 15 is 0 Å². The highest BCUT2D eigenvalue weighted by Gasteiger charge is 2.16. The summed E-state index contributed by atoms with van der Waals surface area (Å²) in [5.74, 6) is 2.22. The molecule has 10 aromatic rings. The molecule has 0 amide bonds. The quantitative estimate of drug-likeness (QED) is 0.180. The monoisotopic (exact) mass is 655 g/mol. The first-order chi connectivity index (χ1) is 24.8. The summed E-state index contributed by atoms with van der Waals surface area (Å²) in [4.78, 5) is 0. The third-order valence-electron chi connectivity index (χ3n) is 9.84. The van der Waals surface area contributed by atoms with Crippen molar-refractivity contribution >= 4 is 51.7 Å². The fourth-order valence-corrected chi connectivity index (χ4v) is 8.38. The molecule has 0 aliphatic carbocycles. The predicted molar refractivity (Wildman–Crippen MR) is 212 cm³/mol. The van der Waals surface area contributed by atoms with Crippen LogP contribution in [-0.2, 0) is 0 Å². The highest BCUT2D eigenvalue weighted by atomic mass is 31.0. The van der Waals surface area contributed by atoms with Crippen LogP contribution in [0.5, 0.6) is 0 Å². The molecule has 0 saturated heterocycles. The Hall–Kier alpha value is -6.21. The molecule has 3 heteroatoms. The second-order valence-corrected chi connectivity index (χ2v) is 13.8. The Bertz CT molecular complexity index is 2860. The second-order valence-electron chi connectivity index (χ2n) is 12.8. The average molecular weight is 656 g/mol. The Balaban J connectivity index is 1.08. The van der Waals surface area contributed by atoms with Gasteiger partial charge in [-0.1, -0.05) is 121 Å². The molecule has 0 aliphatic rings. The lowest BCUT2D eigenvalue weighted by atomic mass is 9.96. The fourth-order valence-electron chi connectivity index (χ4n) is 7.39. The van der Waals surface area contributed by atoms with E-state index in [0.29, 0.717) is 0 Å². The predicted octanol–water partition coefficient (Wildman–Crippen LogP) is 13.9. The van der Waals surface area contributed by atoms with Gasteiger partial charge in [0.1, 0.15) is 11.2 Å². The van der Waals surface area contributed by atoms with Crippen molar-refractivity contribution in [2.24, 2.45) is 0 Å². The van der Waals surface area contributed by atoms with Gasteiger partial charge >= 0.3 is 0 Å².